The summed E-state index contributed by atoms with van der Waals surface area (Å²) in [6.07, 6.45) is -8.20. The van der Waals surface area contributed by atoms with E-state index in [9.17, 15) is 50.4 Å². The largest absolute Gasteiger partial charge is 0.507 e. The molecule has 0 radical (unpaired) electrons. The number of rotatable bonds is 9. The van der Waals surface area contributed by atoms with Crippen LogP contribution in [0, 0.1) is 0 Å². The minimum Gasteiger partial charge on any atom is -0.507 e. The van der Waals surface area contributed by atoms with Gasteiger partial charge in [-0.2, -0.15) is 0 Å². The van der Waals surface area contributed by atoms with Gasteiger partial charge in [0.25, 0.3) is 0 Å². The Kier molecular flexibility index (Phi) is 8.83. The monoisotopic (exact) mass is 572 g/mol. The van der Waals surface area contributed by atoms with Gasteiger partial charge < -0.3 is 55.1 Å². The third kappa shape index (κ3) is 6.44. The number of benzene rings is 3. The van der Waals surface area contributed by atoms with Crippen molar-refractivity contribution in [2.75, 3.05) is 6.61 Å². The summed E-state index contributed by atoms with van der Waals surface area (Å²) in [5.41, 5.74) is 0.108. The predicted molar refractivity (Wildman–Crippen MR) is 138 cm³/mol. The summed E-state index contributed by atoms with van der Waals surface area (Å²) >= 11 is 0. The summed E-state index contributed by atoms with van der Waals surface area (Å²) < 4.78 is 16.0. The maximum atomic E-state index is 12.7. The molecule has 0 spiro atoms. The van der Waals surface area contributed by atoms with E-state index in [1.54, 1.807) is 0 Å². The van der Waals surface area contributed by atoms with E-state index in [1.807, 2.05) is 30.3 Å². The zero-order chi connectivity index (χ0) is 29.8. The highest BCUT2D eigenvalue weighted by molar-refractivity contribution is 6.01. The summed E-state index contributed by atoms with van der Waals surface area (Å²) in [6.45, 7) is -0.798. The van der Waals surface area contributed by atoms with Gasteiger partial charge in [0.15, 0.2) is 35.2 Å². The van der Waals surface area contributed by atoms with Gasteiger partial charge in [-0.05, 0) is 24.1 Å². The molecular weight excluding hydrogens is 544 g/mol. The molecule has 0 bridgehead atoms. The first-order valence-corrected chi connectivity index (χ1v) is 12.4. The Bertz CT molecular complexity index is 1360. The quantitative estimate of drug-likeness (QED) is 0.102. The van der Waals surface area contributed by atoms with Gasteiger partial charge in [0.1, 0.15) is 35.0 Å². The predicted octanol–water partition coefficient (Wildman–Crippen LogP) is 1.07. The molecule has 1 aliphatic rings. The molecule has 13 nitrogen and oxygen atoms in total. The number of carbonyl (C=O) groups is 2. The first-order valence-electron chi connectivity index (χ1n) is 12.4. The molecule has 1 heterocycles. The van der Waals surface area contributed by atoms with E-state index >= 15 is 0 Å². The molecule has 3 aromatic rings. The van der Waals surface area contributed by atoms with Crippen LogP contribution in [0.5, 0.6) is 34.5 Å². The van der Waals surface area contributed by atoms with E-state index in [0.29, 0.717) is 6.42 Å². The molecule has 1 aliphatic heterocycles. The van der Waals surface area contributed by atoms with Crippen LogP contribution in [-0.4, -0.2) is 89.9 Å². The topological polar surface area (TPSA) is 224 Å². The number of aryl methyl sites for hydroxylation is 1. The number of Topliss-reactive ketones (excluding diaryl/α,β-unsaturated/α-hetero) is 1. The second-order valence-corrected chi connectivity index (χ2v) is 9.30. The Labute approximate surface area is 232 Å². The van der Waals surface area contributed by atoms with Crippen molar-refractivity contribution in [3.8, 4) is 34.5 Å². The average Bonchev–Trinajstić information content (AvgIpc) is 2.94. The van der Waals surface area contributed by atoms with Gasteiger partial charge in [-0.15, -0.1) is 0 Å². The molecule has 0 aromatic heterocycles. The van der Waals surface area contributed by atoms with Crippen molar-refractivity contribution in [1.29, 1.82) is 0 Å². The zero-order valence-electron chi connectivity index (χ0n) is 21.3. The lowest BCUT2D eigenvalue weighted by molar-refractivity contribution is -0.276. The number of ketones is 1. The summed E-state index contributed by atoms with van der Waals surface area (Å²) in [4.78, 5) is 25.3. The second kappa shape index (κ2) is 12.3. The van der Waals surface area contributed by atoms with Gasteiger partial charge >= 0.3 is 5.97 Å². The van der Waals surface area contributed by atoms with Gasteiger partial charge in [0.05, 0.1) is 12.2 Å². The Hall–Kier alpha value is -4.56. The van der Waals surface area contributed by atoms with Crippen molar-refractivity contribution in [1.82, 2.24) is 0 Å². The fraction of sp³-hybridized carbons (Fsp3) is 0.286. The fourth-order valence-corrected chi connectivity index (χ4v) is 4.31. The molecule has 4 rings (SSSR count). The number of esters is 1. The highest BCUT2D eigenvalue weighted by atomic mass is 16.7. The molecule has 41 heavy (non-hydrogen) atoms. The molecule has 13 heteroatoms. The standard InChI is InChI=1S/C28H28O13/c29-12-21-24(36)26(41-27(38)14-8-19(33)23(35)20(34)9-14)25(37)28(40-21)39-15-10-17(31)22(18(32)11-15)16(30)7-6-13-4-2-1-3-5-13/h1-5,8-11,21,24-26,28-29,31-37H,6-7,12H2/t21-,24-,25-,26+,28-/m1/s1. The van der Waals surface area contributed by atoms with Crippen LogP contribution >= 0.6 is 0 Å². The molecule has 3 aromatic carbocycles. The Morgan fingerprint density at radius 3 is 2.02 bits per heavy atom. The third-order valence-corrected chi connectivity index (χ3v) is 6.46. The van der Waals surface area contributed by atoms with Gasteiger partial charge in [-0.25, -0.2) is 4.79 Å². The second-order valence-electron chi connectivity index (χ2n) is 9.30. The Balaban J connectivity index is 1.50. The number of ether oxygens (including phenoxy) is 3. The third-order valence-electron chi connectivity index (χ3n) is 6.46. The maximum Gasteiger partial charge on any atom is 0.338 e. The molecule has 5 atom stereocenters. The summed E-state index contributed by atoms with van der Waals surface area (Å²) in [5, 5.41) is 80.7. The normalized spacial score (nSPS) is 22.2. The number of carbonyl (C=O) groups excluding carboxylic acids is 2. The first kappa shape index (κ1) is 29.4. The van der Waals surface area contributed by atoms with Gasteiger partial charge in [-0.3, -0.25) is 4.79 Å². The maximum absolute atomic E-state index is 12.7. The molecule has 0 saturated carbocycles. The molecule has 1 saturated heterocycles. The molecule has 0 unspecified atom stereocenters. The van der Waals surface area contributed by atoms with Crippen LogP contribution in [0.15, 0.2) is 54.6 Å². The van der Waals surface area contributed by atoms with E-state index in [2.05, 4.69) is 0 Å². The summed E-state index contributed by atoms with van der Waals surface area (Å²) in [6, 6.07) is 12.7. The van der Waals surface area contributed by atoms with Crippen LogP contribution in [0.4, 0.5) is 0 Å². The van der Waals surface area contributed by atoms with Crippen LogP contribution in [0.25, 0.3) is 0 Å². The van der Waals surface area contributed by atoms with Crippen LogP contribution in [-0.2, 0) is 15.9 Å². The van der Waals surface area contributed by atoms with Gasteiger partial charge in [0, 0.05) is 18.6 Å². The highest BCUT2D eigenvalue weighted by Crippen LogP contribution is 2.37. The molecule has 8 N–H and O–H groups in total. The van der Waals surface area contributed by atoms with Crippen molar-refractivity contribution in [3.63, 3.8) is 0 Å². The van der Waals surface area contributed by atoms with E-state index in [4.69, 9.17) is 14.2 Å². The molecule has 0 aliphatic carbocycles. The smallest absolute Gasteiger partial charge is 0.338 e. The molecule has 218 valence electrons. The van der Waals surface area contributed by atoms with Crippen LogP contribution in [0.2, 0.25) is 0 Å². The molecule has 0 amide bonds. The Morgan fingerprint density at radius 2 is 1.44 bits per heavy atom. The number of hydrogen-bond donors (Lipinski definition) is 8. The van der Waals surface area contributed by atoms with Crippen LogP contribution in [0.3, 0.4) is 0 Å². The minimum atomic E-state index is -1.90. The summed E-state index contributed by atoms with van der Waals surface area (Å²) in [5.74, 6) is -5.81. The number of hydrogen-bond acceptors (Lipinski definition) is 13. The van der Waals surface area contributed by atoms with Crippen molar-refractivity contribution < 1.29 is 64.7 Å². The number of aromatic hydroxyl groups is 5. The lowest BCUT2D eigenvalue weighted by atomic mass is 9.98. The number of phenols is 5. The van der Waals surface area contributed by atoms with E-state index in [-0.39, 0.29) is 17.7 Å². The van der Waals surface area contributed by atoms with Crippen molar-refractivity contribution in [2.24, 2.45) is 0 Å². The van der Waals surface area contributed by atoms with Crippen LogP contribution < -0.4 is 4.74 Å². The lowest BCUT2D eigenvalue weighted by Crippen LogP contribution is -2.61. The van der Waals surface area contributed by atoms with Crippen molar-refractivity contribution in [2.45, 2.75) is 43.5 Å². The van der Waals surface area contributed by atoms with Gasteiger partial charge in [0.2, 0.25) is 6.29 Å². The molecule has 1 fully saturated rings. The number of aliphatic hydroxyl groups is 3. The fourth-order valence-electron chi connectivity index (χ4n) is 4.31. The van der Waals surface area contributed by atoms with E-state index < -0.39 is 83.4 Å². The minimum absolute atomic E-state index is 0.00448. The van der Waals surface area contributed by atoms with Crippen molar-refractivity contribution >= 4 is 11.8 Å². The van der Waals surface area contributed by atoms with Gasteiger partial charge in [-0.1, -0.05) is 30.3 Å². The first-order chi connectivity index (χ1) is 19.5. The zero-order valence-corrected chi connectivity index (χ0v) is 21.3. The lowest BCUT2D eigenvalue weighted by Gasteiger charge is -2.41. The number of phenolic OH excluding ortho intramolecular Hbond substituents is 5. The highest BCUT2D eigenvalue weighted by Gasteiger charge is 2.48. The number of aliphatic hydroxyl groups excluding tert-OH is 3. The van der Waals surface area contributed by atoms with Crippen LogP contribution in [0.1, 0.15) is 32.7 Å². The average molecular weight is 573 g/mol. The SMILES string of the molecule is O=C(O[C@@H]1[C@@H](O)[C@H](Oc2cc(O)c(C(=O)CCc3ccccc3)c(O)c2)O[C@H](CO)[C@H]1O)c1cc(O)c(O)c(O)c1. The van der Waals surface area contributed by atoms with Crippen molar-refractivity contribution in [3.05, 3.63) is 71.3 Å². The van der Waals surface area contributed by atoms with E-state index in [0.717, 1.165) is 29.8 Å². The molecular formula is C28H28O13. The van der Waals surface area contributed by atoms with E-state index in [1.165, 1.54) is 0 Å². The Morgan fingerprint density at radius 1 is 0.829 bits per heavy atom. The summed E-state index contributed by atoms with van der Waals surface area (Å²) in [7, 11) is 0.